The summed E-state index contributed by atoms with van der Waals surface area (Å²) < 4.78 is 10.4. The number of ether oxygens (including phenoxy) is 2. The fraction of sp³-hybridized carbons (Fsp3) is 0.250. The molecule has 0 spiro atoms. The number of methoxy groups -OCH3 is 2. The highest BCUT2D eigenvalue weighted by Gasteiger charge is 2.39. The summed E-state index contributed by atoms with van der Waals surface area (Å²) in [7, 11) is 2.74. The van der Waals surface area contributed by atoms with Crippen LogP contribution in [0.15, 0.2) is 18.2 Å². The third-order valence-electron chi connectivity index (χ3n) is 4.50. The second-order valence-corrected chi connectivity index (χ2v) is 6.12. The van der Waals surface area contributed by atoms with Crippen LogP contribution in [0.1, 0.15) is 62.0 Å². The molecule has 3 rings (SSSR count). The molecule has 0 bridgehead atoms. The monoisotopic (exact) mass is 370 g/mol. The Kier molecular flexibility index (Phi) is 4.61. The summed E-state index contributed by atoms with van der Waals surface area (Å²) >= 11 is 0. The summed E-state index contributed by atoms with van der Waals surface area (Å²) in [6.45, 7) is 1.78. The lowest BCUT2D eigenvalue weighted by atomic mass is 9.79. The van der Waals surface area contributed by atoms with Gasteiger partial charge in [-0.1, -0.05) is 6.92 Å². The van der Waals surface area contributed by atoms with E-state index in [9.17, 15) is 24.6 Å². The van der Waals surface area contributed by atoms with Crippen LogP contribution < -0.4 is 9.47 Å². The van der Waals surface area contributed by atoms with Gasteiger partial charge in [0.05, 0.1) is 36.5 Å². The zero-order chi connectivity index (χ0) is 19.9. The van der Waals surface area contributed by atoms with Gasteiger partial charge in [-0.3, -0.25) is 14.4 Å². The Morgan fingerprint density at radius 3 is 2.22 bits per heavy atom. The fourth-order valence-corrected chi connectivity index (χ4v) is 3.29. The molecule has 7 heteroatoms. The van der Waals surface area contributed by atoms with Crippen molar-refractivity contribution in [2.24, 2.45) is 0 Å². The Bertz CT molecular complexity index is 989. The predicted molar refractivity (Wildman–Crippen MR) is 95.4 cm³/mol. The maximum absolute atomic E-state index is 13.2. The summed E-state index contributed by atoms with van der Waals surface area (Å²) in [5, 5.41) is 20.4. The minimum Gasteiger partial charge on any atom is -0.507 e. The fourth-order valence-electron chi connectivity index (χ4n) is 3.29. The Labute approximate surface area is 155 Å². The number of phenolic OH excluding ortho intramolecular Hbond substituents is 2. The van der Waals surface area contributed by atoms with Crippen molar-refractivity contribution in [1.29, 1.82) is 0 Å². The van der Waals surface area contributed by atoms with E-state index in [4.69, 9.17) is 9.47 Å². The van der Waals surface area contributed by atoms with Crippen LogP contribution in [0.2, 0.25) is 0 Å². The van der Waals surface area contributed by atoms with Crippen LogP contribution in [0.25, 0.3) is 0 Å². The van der Waals surface area contributed by atoms with Gasteiger partial charge < -0.3 is 19.7 Å². The molecule has 0 aromatic heterocycles. The van der Waals surface area contributed by atoms with Crippen molar-refractivity contribution >= 4 is 17.3 Å². The van der Waals surface area contributed by atoms with Crippen LogP contribution in [0.4, 0.5) is 0 Å². The molecule has 1 aliphatic carbocycles. The Morgan fingerprint density at radius 1 is 0.926 bits per heavy atom. The van der Waals surface area contributed by atoms with Gasteiger partial charge in [0, 0.05) is 24.1 Å². The Morgan fingerprint density at radius 2 is 1.63 bits per heavy atom. The minimum atomic E-state index is -0.665. The third-order valence-corrected chi connectivity index (χ3v) is 4.50. The van der Waals surface area contributed by atoms with Gasteiger partial charge in [0.15, 0.2) is 11.6 Å². The lowest BCUT2D eigenvalue weighted by molar-refractivity contribution is 0.0951. The molecule has 0 amide bonds. The molecule has 0 saturated heterocycles. The average molecular weight is 370 g/mol. The molecule has 1 aliphatic rings. The number of carbonyl (C=O) groups excluding carboxylic acids is 3. The number of aromatic hydroxyl groups is 2. The van der Waals surface area contributed by atoms with Gasteiger partial charge in [-0.25, -0.2) is 0 Å². The van der Waals surface area contributed by atoms with E-state index in [-0.39, 0.29) is 40.0 Å². The molecule has 0 unspecified atom stereocenters. The van der Waals surface area contributed by atoms with E-state index in [1.807, 2.05) is 0 Å². The number of Topliss-reactive ketones (excluding diaryl/α,β-unsaturated/α-hetero) is 1. The number of hydrogen-bond donors (Lipinski definition) is 2. The average Bonchev–Trinajstić information content (AvgIpc) is 2.64. The lowest BCUT2D eigenvalue weighted by Gasteiger charge is -2.23. The Hall–Kier alpha value is -3.35. The van der Waals surface area contributed by atoms with Crippen molar-refractivity contribution in [3.8, 4) is 23.0 Å². The molecule has 0 aliphatic heterocycles. The van der Waals surface area contributed by atoms with E-state index in [2.05, 4.69) is 0 Å². The Balaban J connectivity index is 2.38. The highest BCUT2D eigenvalue weighted by atomic mass is 16.5. The van der Waals surface area contributed by atoms with Crippen LogP contribution in [-0.2, 0) is 0 Å². The second kappa shape index (κ2) is 6.75. The SMILES string of the molecule is CCCC(=O)c1c(O)cc(O)c2c1C(=O)c1cc(OC)cc(OC)c1C2=O. The number of ketones is 3. The van der Waals surface area contributed by atoms with Crippen molar-refractivity contribution in [1.82, 2.24) is 0 Å². The van der Waals surface area contributed by atoms with Crippen molar-refractivity contribution in [2.75, 3.05) is 14.2 Å². The van der Waals surface area contributed by atoms with E-state index in [1.54, 1.807) is 6.92 Å². The van der Waals surface area contributed by atoms with E-state index < -0.39 is 28.8 Å². The zero-order valence-corrected chi connectivity index (χ0v) is 15.1. The second-order valence-electron chi connectivity index (χ2n) is 6.12. The van der Waals surface area contributed by atoms with Crippen molar-refractivity contribution < 1.29 is 34.1 Å². The van der Waals surface area contributed by atoms with Crippen molar-refractivity contribution in [2.45, 2.75) is 19.8 Å². The van der Waals surface area contributed by atoms with Crippen molar-refractivity contribution in [3.05, 3.63) is 46.0 Å². The largest absolute Gasteiger partial charge is 0.507 e. The van der Waals surface area contributed by atoms with Gasteiger partial charge in [-0.15, -0.1) is 0 Å². The highest BCUT2D eigenvalue weighted by molar-refractivity contribution is 6.33. The first-order valence-electron chi connectivity index (χ1n) is 8.33. The van der Waals surface area contributed by atoms with Gasteiger partial charge in [0.25, 0.3) is 0 Å². The molecule has 2 aromatic rings. The van der Waals surface area contributed by atoms with Gasteiger partial charge in [0.1, 0.15) is 23.0 Å². The molecule has 140 valence electrons. The van der Waals surface area contributed by atoms with Crippen molar-refractivity contribution in [3.63, 3.8) is 0 Å². The molecule has 0 radical (unpaired) electrons. The first-order valence-corrected chi connectivity index (χ1v) is 8.33. The first kappa shape index (κ1) is 18.4. The number of fused-ring (bicyclic) bond motifs is 2. The van der Waals surface area contributed by atoms with Gasteiger partial charge in [-0.2, -0.15) is 0 Å². The van der Waals surface area contributed by atoms with Crippen LogP contribution in [0, 0.1) is 0 Å². The van der Waals surface area contributed by atoms with Crippen LogP contribution >= 0.6 is 0 Å². The summed E-state index contributed by atoms with van der Waals surface area (Å²) in [6, 6.07) is 3.74. The van der Waals surface area contributed by atoms with Gasteiger partial charge in [0.2, 0.25) is 5.78 Å². The van der Waals surface area contributed by atoms with E-state index in [0.717, 1.165) is 6.07 Å². The highest BCUT2D eigenvalue weighted by Crippen LogP contribution is 2.43. The summed E-state index contributed by atoms with van der Waals surface area (Å²) in [4.78, 5) is 38.8. The maximum atomic E-state index is 13.2. The van der Waals surface area contributed by atoms with E-state index in [1.165, 1.54) is 26.4 Å². The molecule has 27 heavy (non-hydrogen) atoms. The van der Waals surface area contributed by atoms with E-state index in [0.29, 0.717) is 12.2 Å². The first-order chi connectivity index (χ1) is 12.8. The molecular weight excluding hydrogens is 352 g/mol. The van der Waals surface area contributed by atoms with Crippen LogP contribution in [0.5, 0.6) is 23.0 Å². The quantitative estimate of drug-likeness (QED) is 0.665. The normalized spacial score (nSPS) is 12.4. The molecule has 7 nitrogen and oxygen atoms in total. The van der Waals surface area contributed by atoms with Gasteiger partial charge in [-0.05, 0) is 12.5 Å². The summed E-state index contributed by atoms with van der Waals surface area (Å²) in [5.41, 5.74) is -0.896. The standard InChI is InChI=1S/C20H18O7/c1-4-5-11(21)16-12(22)8-13(23)17-18(16)19(24)10-6-9(26-2)7-14(27-3)15(10)20(17)25/h6-8,22-23H,4-5H2,1-3H3. The molecule has 2 N–H and O–H groups in total. The number of rotatable bonds is 5. The van der Waals surface area contributed by atoms with Crippen LogP contribution in [0.3, 0.4) is 0 Å². The molecule has 0 fully saturated rings. The molecule has 2 aromatic carbocycles. The number of carbonyl (C=O) groups is 3. The molecule has 0 saturated carbocycles. The minimum absolute atomic E-state index is 0.0146. The summed E-state index contributed by atoms with van der Waals surface area (Å²) in [6.07, 6.45) is 0.578. The molecule has 0 atom stereocenters. The lowest BCUT2D eigenvalue weighted by Crippen LogP contribution is -2.25. The maximum Gasteiger partial charge on any atom is 0.202 e. The van der Waals surface area contributed by atoms with E-state index >= 15 is 0 Å². The van der Waals surface area contributed by atoms with Crippen LogP contribution in [-0.4, -0.2) is 41.8 Å². The molecular formula is C20H18O7. The third kappa shape index (κ3) is 2.71. The number of benzene rings is 2. The van der Waals surface area contributed by atoms with Gasteiger partial charge >= 0.3 is 0 Å². The predicted octanol–water partition coefficient (Wildman–Crippen LogP) is 2.87. The zero-order valence-electron chi connectivity index (χ0n) is 15.1. The number of hydrogen-bond acceptors (Lipinski definition) is 7. The summed E-state index contributed by atoms with van der Waals surface area (Å²) in [5.74, 6) is -2.51. The number of phenols is 2. The topological polar surface area (TPSA) is 110 Å². The smallest absolute Gasteiger partial charge is 0.202 e. The molecule has 0 heterocycles.